The van der Waals surface area contributed by atoms with Crippen LogP contribution in [0.1, 0.15) is 44.6 Å². The fourth-order valence-corrected chi connectivity index (χ4v) is 3.29. The highest BCUT2D eigenvalue weighted by Crippen LogP contribution is 2.27. The van der Waals surface area contributed by atoms with Gasteiger partial charge in [-0.3, -0.25) is 4.90 Å². The molecule has 0 aliphatic carbocycles. The third kappa shape index (κ3) is 3.60. The molecule has 20 heavy (non-hydrogen) atoms. The number of rotatable bonds is 6. The predicted molar refractivity (Wildman–Crippen MR) is 83.5 cm³/mol. The second-order valence-corrected chi connectivity index (χ2v) is 6.01. The molecule has 0 spiro atoms. The van der Waals surface area contributed by atoms with Crippen molar-refractivity contribution in [3.05, 3.63) is 35.9 Å². The molecule has 2 rings (SSSR count). The van der Waals surface area contributed by atoms with Crippen LogP contribution in [-0.4, -0.2) is 35.7 Å². The molecule has 0 bridgehead atoms. The largest absolute Gasteiger partial charge is 0.382 e. The van der Waals surface area contributed by atoms with Gasteiger partial charge < -0.3 is 10.8 Å². The van der Waals surface area contributed by atoms with Crippen LogP contribution >= 0.6 is 0 Å². The topological polar surface area (TPSA) is 49.5 Å². The molecule has 3 heteroatoms. The average Bonchev–Trinajstić information content (AvgIpc) is 2.50. The molecule has 0 amide bonds. The van der Waals surface area contributed by atoms with Gasteiger partial charge in [0.2, 0.25) is 0 Å². The van der Waals surface area contributed by atoms with E-state index in [9.17, 15) is 5.11 Å². The Morgan fingerprint density at radius 2 is 2.05 bits per heavy atom. The zero-order chi connectivity index (χ0) is 14.4. The van der Waals surface area contributed by atoms with Crippen molar-refractivity contribution < 1.29 is 5.11 Å². The number of β-amino-alcohol motifs (C(OH)–C–C–N with tert-alkyl or cyclic N) is 1. The molecule has 1 aromatic carbocycles. The van der Waals surface area contributed by atoms with Crippen molar-refractivity contribution in [2.75, 3.05) is 19.6 Å². The molecule has 112 valence electrons. The number of hydrogen-bond acceptors (Lipinski definition) is 3. The third-order valence-electron chi connectivity index (χ3n) is 4.48. The monoisotopic (exact) mass is 276 g/mol. The summed E-state index contributed by atoms with van der Waals surface area (Å²) in [7, 11) is 0. The second kappa shape index (κ2) is 7.21. The van der Waals surface area contributed by atoms with Crippen LogP contribution in [0.2, 0.25) is 0 Å². The molecule has 1 saturated heterocycles. The quantitative estimate of drug-likeness (QED) is 0.839. The Kier molecular flexibility index (Phi) is 5.58. The fourth-order valence-electron chi connectivity index (χ4n) is 3.29. The standard InChI is InChI=1S/C17H28N2O/c1-2-8-16-11-6-7-12-19(16)14-17(20,13-18)15-9-4-3-5-10-15/h3-5,9-10,16,20H,2,6-8,11-14,18H2,1H3. The lowest BCUT2D eigenvalue weighted by Crippen LogP contribution is -2.51. The SMILES string of the molecule is CCCC1CCCCN1CC(O)(CN)c1ccccc1. The first-order valence-corrected chi connectivity index (χ1v) is 7.91. The lowest BCUT2D eigenvalue weighted by atomic mass is 9.90. The summed E-state index contributed by atoms with van der Waals surface area (Å²) < 4.78 is 0. The number of nitrogens with two attached hydrogens (primary N) is 1. The minimum Gasteiger partial charge on any atom is -0.382 e. The van der Waals surface area contributed by atoms with Crippen molar-refractivity contribution in [3.63, 3.8) is 0 Å². The Bertz CT molecular complexity index is 393. The van der Waals surface area contributed by atoms with Crippen LogP contribution in [0, 0.1) is 0 Å². The van der Waals surface area contributed by atoms with Gasteiger partial charge in [0.25, 0.3) is 0 Å². The van der Waals surface area contributed by atoms with Gasteiger partial charge in [0.05, 0.1) is 0 Å². The van der Waals surface area contributed by atoms with Gasteiger partial charge in [0, 0.05) is 19.1 Å². The van der Waals surface area contributed by atoms with Gasteiger partial charge >= 0.3 is 0 Å². The Morgan fingerprint density at radius 3 is 2.70 bits per heavy atom. The minimum atomic E-state index is -0.926. The van der Waals surface area contributed by atoms with E-state index >= 15 is 0 Å². The van der Waals surface area contributed by atoms with Crippen molar-refractivity contribution in [3.8, 4) is 0 Å². The molecular weight excluding hydrogens is 248 g/mol. The summed E-state index contributed by atoms with van der Waals surface area (Å²) in [6.45, 7) is 4.24. The Hall–Kier alpha value is -0.900. The van der Waals surface area contributed by atoms with Crippen molar-refractivity contribution in [2.24, 2.45) is 5.73 Å². The predicted octanol–water partition coefficient (Wildman–Crippen LogP) is 2.49. The van der Waals surface area contributed by atoms with E-state index in [0.29, 0.717) is 12.6 Å². The van der Waals surface area contributed by atoms with Crippen LogP contribution < -0.4 is 5.73 Å². The Balaban J connectivity index is 2.11. The van der Waals surface area contributed by atoms with Gasteiger partial charge in [0.15, 0.2) is 0 Å². The number of nitrogens with zero attached hydrogens (tertiary/aromatic N) is 1. The smallest absolute Gasteiger partial charge is 0.114 e. The normalized spacial score (nSPS) is 23.4. The number of likely N-dealkylation sites (tertiary alicyclic amines) is 1. The van der Waals surface area contributed by atoms with Gasteiger partial charge in [-0.1, -0.05) is 50.1 Å². The van der Waals surface area contributed by atoms with E-state index in [1.165, 1.54) is 32.1 Å². The van der Waals surface area contributed by atoms with E-state index < -0.39 is 5.60 Å². The first-order valence-electron chi connectivity index (χ1n) is 7.91. The summed E-state index contributed by atoms with van der Waals surface area (Å²) in [4.78, 5) is 2.45. The third-order valence-corrected chi connectivity index (χ3v) is 4.48. The summed E-state index contributed by atoms with van der Waals surface area (Å²) in [5, 5.41) is 11.0. The number of hydrogen-bond donors (Lipinski definition) is 2. The highest BCUT2D eigenvalue weighted by Gasteiger charge is 2.33. The van der Waals surface area contributed by atoms with E-state index in [0.717, 1.165) is 12.1 Å². The Morgan fingerprint density at radius 1 is 1.30 bits per heavy atom. The van der Waals surface area contributed by atoms with E-state index in [1.54, 1.807) is 0 Å². The molecule has 1 fully saturated rings. The van der Waals surface area contributed by atoms with Crippen LogP contribution in [0.5, 0.6) is 0 Å². The maximum atomic E-state index is 11.0. The van der Waals surface area contributed by atoms with Crippen molar-refractivity contribution in [1.82, 2.24) is 4.90 Å². The highest BCUT2D eigenvalue weighted by molar-refractivity contribution is 5.23. The van der Waals surface area contributed by atoms with E-state index in [1.807, 2.05) is 30.3 Å². The zero-order valence-electron chi connectivity index (χ0n) is 12.6. The van der Waals surface area contributed by atoms with Crippen LogP contribution in [0.25, 0.3) is 0 Å². The summed E-state index contributed by atoms with van der Waals surface area (Å²) >= 11 is 0. The summed E-state index contributed by atoms with van der Waals surface area (Å²) in [6, 6.07) is 10.5. The van der Waals surface area contributed by atoms with Crippen LogP contribution in [-0.2, 0) is 5.60 Å². The first-order chi connectivity index (χ1) is 9.69. The zero-order valence-corrected chi connectivity index (χ0v) is 12.6. The van der Waals surface area contributed by atoms with Crippen molar-refractivity contribution in [1.29, 1.82) is 0 Å². The molecule has 1 aliphatic heterocycles. The molecule has 1 heterocycles. The van der Waals surface area contributed by atoms with Gasteiger partial charge in [-0.05, 0) is 31.4 Å². The molecule has 3 N–H and O–H groups in total. The van der Waals surface area contributed by atoms with Crippen LogP contribution in [0.4, 0.5) is 0 Å². The maximum Gasteiger partial charge on any atom is 0.114 e. The van der Waals surface area contributed by atoms with Gasteiger partial charge in [0.1, 0.15) is 5.60 Å². The van der Waals surface area contributed by atoms with Gasteiger partial charge in [-0.15, -0.1) is 0 Å². The summed E-state index contributed by atoms with van der Waals surface area (Å²) in [5.74, 6) is 0. The van der Waals surface area contributed by atoms with E-state index in [4.69, 9.17) is 5.73 Å². The molecule has 1 aliphatic rings. The molecule has 0 aromatic heterocycles. The fraction of sp³-hybridized carbons (Fsp3) is 0.647. The summed E-state index contributed by atoms with van der Waals surface area (Å²) in [6.07, 6.45) is 6.22. The molecule has 2 unspecified atom stereocenters. The molecule has 1 aromatic rings. The number of benzene rings is 1. The molecular formula is C17H28N2O. The van der Waals surface area contributed by atoms with Gasteiger partial charge in [-0.2, -0.15) is 0 Å². The van der Waals surface area contributed by atoms with E-state index in [-0.39, 0.29) is 6.54 Å². The molecule has 3 nitrogen and oxygen atoms in total. The lowest BCUT2D eigenvalue weighted by molar-refractivity contribution is -0.0162. The maximum absolute atomic E-state index is 11.0. The lowest BCUT2D eigenvalue weighted by Gasteiger charge is -2.41. The Labute approximate surface area is 122 Å². The molecule has 0 saturated carbocycles. The number of piperidine rings is 1. The molecule has 2 atom stereocenters. The second-order valence-electron chi connectivity index (χ2n) is 6.01. The molecule has 0 radical (unpaired) electrons. The average molecular weight is 276 g/mol. The van der Waals surface area contributed by atoms with Crippen LogP contribution in [0.3, 0.4) is 0 Å². The highest BCUT2D eigenvalue weighted by atomic mass is 16.3. The van der Waals surface area contributed by atoms with E-state index in [2.05, 4.69) is 11.8 Å². The minimum absolute atomic E-state index is 0.270. The van der Waals surface area contributed by atoms with Crippen molar-refractivity contribution >= 4 is 0 Å². The van der Waals surface area contributed by atoms with Crippen molar-refractivity contribution in [2.45, 2.75) is 50.7 Å². The van der Waals surface area contributed by atoms with Gasteiger partial charge in [-0.25, -0.2) is 0 Å². The van der Waals surface area contributed by atoms with Crippen LogP contribution in [0.15, 0.2) is 30.3 Å². The number of aliphatic hydroxyl groups is 1. The summed E-state index contributed by atoms with van der Waals surface area (Å²) in [5.41, 5.74) is 5.91. The first kappa shape index (κ1) is 15.5.